The lowest BCUT2D eigenvalue weighted by Crippen LogP contribution is -2.21. The van der Waals surface area contributed by atoms with Gasteiger partial charge in [0.05, 0.1) is 11.6 Å². The molecule has 33 heavy (non-hydrogen) atoms. The van der Waals surface area contributed by atoms with E-state index in [1.165, 1.54) is 18.2 Å². The second kappa shape index (κ2) is 8.42. The van der Waals surface area contributed by atoms with Crippen LogP contribution in [0.25, 0.3) is 0 Å². The van der Waals surface area contributed by atoms with Crippen LogP contribution in [-0.2, 0) is 6.18 Å². The standard InChI is InChI=1S/C22H11BrClF5N2O2/c23-11-6-15-18(19(31-21(15)33)14-2-1-12(25)8-16(14)24)17(7-11)30-20(32)9-3-10(22(27,28)29)5-13(26)4-9/h1-8,19H,(H,30,32)(H,31,33)/t19-/m0/s1. The van der Waals surface area contributed by atoms with Crippen molar-refractivity contribution in [1.82, 2.24) is 5.32 Å². The lowest BCUT2D eigenvalue weighted by molar-refractivity contribution is -0.137. The molecule has 0 bridgehead atoms. The minimum absolute atomic E-state index is 0.0216. The van der Waals surface area contributed by atoms with Gasteiger partial charge in [0.1, 0.15) is 11.6 Å². The van der Waals surface area contributed by atoms with Gasteiger partial charge in [0.2, 0.25) is 0 Å². The number of hydrogen-bond acceptors (Lipinski definition) is 2. The Morgan fingerprint density at radius 3 is 2.42 bits per heavy atom. The molecule has 0 unspecified atom stereocenters. The van der Waals surface area contributed by atoms with Gasteiger partial charge in [0.15, 0.2) is 0 Å². The number of benzene rings is 3. The predicted molar refractivity (Wildman–Crippen MR) is 114 cm³/mol. The van der Waals surface area contributed by atoms with Crippen molar-refractivity contribution >= 4 is 45.0 Å². The van der Waals surface area contributed by atoms with E-state index in [-0.39, 0.29) is 27.9 Å². The first-order chi connectivity index (χ1) is 15.4. The van der Waals surface area contributed by atoms with Crippen molar-refractivity contribution in [2.75, 3.05) is 5.32 Å². The highest BCUT2D eigenvalue weighted by atomic mass is 79.9. The molecule has 3 aromatic rings. The predicted octanol–water partition coefficient (Wildman–Crippen LogP) is 6.48. The van der Waals surface area contributed by atoms with E-state index in [1.54, 1.807) is 0 Å². The van der Waals surface area contributed by atoms with Crippen molar-refractivity contribution in [2.24, 2.45) is 0 Å². The summed E-state index contributed by atoms with van der Waals surface area (Å²) in [5, 5.41) is 5.15. The summed E-state index contributed by atoms with van der Waals surface area (Å²) in [5.41, 5.74) is -1.03. The summed E-state index contributed by atoms with van der Waals surface area (Å²) in [5.74, 6) is -3.35. The van der Waals surface area contributed by atoms with Crippen LogP contribution in [0.15, 0.2) is 53.0 Å². The van der Waals surface area contributed by atoms with Crippen LogP contribution in [-0.4, -0.2) is 11.8 Å². The molecule has 4 rings (SSSR count). The van der Waals surface area contributed by atoms with Crippen molar-refractivity contribution in [3.05, 3.63) is 97.5 Å². The van der Waals surface area contributed by atoms with Gasteiger partial charge in [-0.1, -0.05) is 33.6 Å². The molecule has 1 aliphatic rings. The molecule has 3 aromatic carbocycles. The summed E-state index contributed by atoms with van der Waals surface area (Å²) in [6.45, 7) is 0. The summed E-state index contributed by atoms with van der Waals surface area (Å²) >= 11 is 9.37. The topological polar surface area (TPSA) is 58.2 Å². The Morgan fingerprint density at radius 1 is 1.03 bits per heavy atom. The average molecular weight is 546 g/mol. The fraction of sp³-hybridized carbons (Fsp3) is 0.0909. The SMILES string of the molecule is O=C(Nc1cc(Br)cc2c1[C@H](c1ccc(F)cc1Cl)NC2=O)c1cc(F)cc(C(F)(F)F)c1. The molecule has 0 radical (unpaired) electrons. The molecule has 2 N–H and O–H groups in total. The third kappa shape index (κ3) is 4.58. The monoisotopic (exact) mass is 544 g/mol. The Bertz CT molecular complexity index is 1310. The number of carbonyl (C=O) groups is 2. The Balaban J connectivity index is 1.78. The molecule has 0 spiro atoms. The van der Waals surface area contributed by atoms with Crippen LogP contribution in [0.5, 0.6) is 0 Å². The quantitative estimate of drug-likeness (QED) is 0.370. The molecule has 1 aliphatic heterocycles. The zero-order valence-electron chi connectivity index (χ0n) is 16.2. The van der Waals surface area contributed by atoms with Gasteiger partial charge < -0.3 is 10.6 Å². The highest BCUT2D eigenvalue weighted by molar-refractivity contribution is 9.10. The van der Waals surface area contributed by atoms with E-state index in [2.05, 4.69) is 26.6 Å². The second-order valence-corrected chi connectivity index (χ2v) is 8.49. The van der Waals surface area contributed by atoms with Crippen molar-refractivity contribution in [2.45, 2.75) is 12.2 Å². The molecule has 2 amide bonds. The highest BCUT2D eigenvalue weighted by Gasteiger charge is 2.35. The van der Waals surface area contributed by atoms with Crippen LogP contribution in [0.1, 0.15) is 43.4 Å². The maximum atomic E-state index is 13.8. The molecule has 0 aliphatic carbocycles. The number of nitrogens with one attached hydrogen (secondary N) is 2. The second-order valence-electron chi connectivity index (χ2n) is 7.17. The molecular formula is C22H11BrClF5N2O2. The minimum atomic E-state index is -4.85. The van der Waals surface area contributed by atoms with E-state index in [4.69, 9.17) is 11.6 Å². The van der Waals surface area contributed by atoms with E-state index >= 15 is 0 Å². The van der Waals surface area contributed by atoms with Crippen molar-refractivity contribution in [3.63, 3.8) is 0 Å². The zero-order chi connectivity index (χ0) is 24.1. The van der Waals surface area contributed by atoms with Gasteiger partial charge in [-0.25, -0.2) is 8.78 Å². The third-order valence-corrected chi connectivity index (χ3v) is 5.75. The molecule has 0 fully saturated rings. The molecular weight excluding hydrogens is 535 g/mol. The van der Waals surface area contributed by atoms with Gasteiger partial charge in [0, 0.05) is 31.9 Å². The van der Waals surface area contributed by atoms with Crippen LogP contribution in [0, 0.1) is 11.6 Å². The fourth-order valence-electron chi connectivity index (χ4n) is 3.55. The number of halogens is 7. The Morgan fingerprint density at radius 2 is 1.76 bits per heavy atom. The van der Waals surface area contributed by atoms with Gasteiger partial charge >= 0.3 is 6.18 Å². The molecule has 11 heteroatoms. The van der Waals surface area contributed by atoms with E-state index in [0.29, 0.717) is 22.2 Å². The van der Waals surface area contributed by atoms with Gasteiger partial charge in [-0.3, -0.25) is 9.59 Å². The molecule has 4 nitrogen and oxygen atoms in total. The molecule has 0 saturated heterocycles. The van der Waals surface area contributed by atoms with E-state index in [9.17, 15) is 31.5 Å². The smallest absolute Gasteiger partial charge is 0.341 e. The first kappa shape index (κ1) is 23.2. The Kier molecular flexibility index (Phi) is 5.92. The van der Waals surface area contributed by atoms with Gasteiger partial charge in [-0.05, 0) is 48.0 Å². The Labute approximate surface area is 196 Å². The fourth-order valence-corrected chi connectivity index (χ4v) is 4.28. The number of amides is 2. The summed E-state index contributed by atoms with van der Waals surface area (Å²) in [4.78, 5) is 25.3. The number of fused-ring (bicyclic) bond motifs is 1. The summed E-state index contributed by atoms with van der Waals surface area (Å²) in [7, 11) is 0. The van der Waals surface area contributed by atoms with Gasteiger partial charge in [-0.15, -0.1) is 0 Å². The van der Waals surface area contributed by atoms with Crippen LogP contribution >= 0.6 is 27.5 Å². The normalized spacial score (nSPS) is 15.2. The van der Waals surface area contributed by atoms with E-state index in [0.717, 1.165) is 12.1 Å². The van der Waals surface area contributed by atoms with Crippen molar-refractivity contribution in [1.29, 1.82) is 0 Å². The van der Waals surface area contributed by atoms with E-state index < -0.39 is 46.8 Å². The number of carbonyl (C=O) groups excluding carboxylic acids is 2. The zero-order valence-corrected chi connectivity index (χ0v) is 18.5. The number of hydrogen-bond donors (Lipinski definition) is 2. The third-order valence-electron chi connectivity index (χ3n) is 4.96. The van der Waals surface area contributed by atoms with Gasteiger partial charge in [0.25, 0.3) is 11.8 Å². The minimum Gasteiger partial charge on any atom is -0.341 e. The van der Waals surface area contributed by atoms with Crippen LogP contribution in [0.2, 0.25) is 5.02 Å². The molecule has 0 saturated carbocycles. The lowest BCUT2D eigenvalue weighted by Gasteiger charge is -2.18. The highest BCUT2D eigenvalue weighted by Crippen LogP contribution is 2.41. The van der Waals surface area contributed by atoms with Crippen molar-refractivity contribution < 1.29 is 31.5 Å². The number of rotatable bonds is 3. The average Bonchev–Trinajstić information content (AvgIpc) is 3.03. The first-order valence-corrected chi connectivity index (χ1v) is 10.4. The molecule has 170 valence electrons. The van der Waals surface area contributed by atoms with Gasteiger partial charge in [-0.2, -0.15) is 13.2 Å². The Hall–Kier alpha value is -2.98. The van der Waals surface area contributed by atoms with E-state index in [1.807, 2.05) is 0 Å². The summed E-state index contributed by atoms with van der Waals surface area (Å²) in [6, 6.07) is 7.10. The van der Waals surface area contributed by atoms with Crippen LogP contribution in [0.4, 0.5) is 27.6 Å². The molecule has 1 atom stereocenters. The van der Waals surface area contributed by atoms with Crippen LogP contribution in [0.3, 0.4) is 0 Å². The maximum Gasteiger partial charge on any atom is 0.416 e. The summed E-state index contributed by atoms with van der Waals surface area (Å²) < 4.78 is 66.8. The number of alkyl halides is 3. The van der Waals surface area contributed by atoms with Crippen molar-refractivity contribution in [3.8, 4) is 0 Å². The lowest BCUT2D eigenvalue weighted by atomic mass is 9.96. The summed E-state index contributed by atoms with van der Waals surface area (Å²) in [6.07, 6.45) is -4.85. The molecule has 0 aromatic heterocycles. The number of anilines is 1. The largest absolute Gasteiger partial charge is 0.416 e. The first-order valence-electron chi connectivity index (χ1n) is 9.22. The van der Waals surface area contributed by atoms with Crippen LogP contribution < -0.4 is 10.6 Å². The maximum absolute atomic E-state index is 13.8. The molecule has 1 heterocycles.